The van der Waals surface area contributed by atoms with Gasteiger partial charge < -0.3 is 10.1 Å². The number of esters is 1. The van der Waals surface area contributed by atoms with Crippen molar-refractivity contribution in [3.8, 4) is 0 Å². The molecular weight excluding hydrogens is 254 g/mol. The molecule has 1 N–H and O–H groups in total. The topological polar surface area (TPSA) is 55.4 Å². The highest BCUT2D eigenvalue weighted by Crippen LogP contribution is 2.31. The molecule has 1 aromatic rings. The van der Waals surface area contributed by atoms with Crippen LogP contribution in [-0.2, 0) is 14.3 Å². The number of hydrogen-bond acceptors (Lipinski definition) is 3. The molecule has 1 atom stereocenters. The van der Waals surface area contributed by atoms with E-state index in [1.165, 1.54) is 13.3 Å². The molecule has 1 aliphatic heterocycles. The summed E-state index contributed by atoms with van der Waals surface area (Å²) in [5.74, 6) is -0.846. The Kier molecular flexibility index (Phi) is 3.67. The molecule has 0 fully saturated rings. The molecule has 1 amide bonds. The summed E-state index contributed by atoms with van der Waals surface area (Å²) >= 11 is 5.82. The summed E-state index contributed by atoms with van der Waals surface area (Å²) in [6, 6.07) is 7.08. The van der Waals surface area contributed by atoms with Gasteiger partial charge in [0.15, 0.2) is 0 Å². The fraction of sp³-hybridized carbons (Fsp3) is 0.231. The van der Waals surface area contributed by atoms with E-state index in [-0.39, 0.29) is 18.2 Å². The first-order valence-electron chi connectivity index (χ1n) is 5.45. The molecule has 0 bridgehead atoms. The van der Waals surface area contributed by atoms with Crippen molar-refractivity contribution in [2.75, 3.05) is 7.11 Å². The van der Waals surface area contributed by atoms with E-state index in [9.17, 15) is 9.59 Å². The van der Waals surface area contributed by atoms with Crippen LogP contribution in [0.1, 0.15) is 17.9 Å². The van der Waals surface area contributed by atoms with Gasteiger partial charge in [0.1, 0.15) is 0 Å². The molecule has 1 aliphatic rings. The van der Waals surface area contributed by atoms with Crippen molar-refractivity contribution in [1.29, 1.82) is 0 Å². The van der Waals surface area contributed by atoms with Gasteiger partial charge >= 0.3 is 5.97 Å². The fourth-order valence-corrected chi connectivity index (χ4v) is 2.05. The Morgan fingerprint density at radius 1 is 1.39 bits per heavy atom. The minimum absolute atomic E-state index is 0.123. The van der Waals surface area contributed by atoms with Crippen LogP contribution in [0.25, 0.3) is 0 Å². The molecule has 1 aromatic carbocycles. The van der Waals surface area contributed by atoms with Crippen LogP contribution >= 0.6 is 11.6 Å². The number of carbonyl (C=O) groups excluding carboxylic acids is 2. The summed E-state index contributed by atoms with van der Waals surface area (Å²) < 4.78 is 4.72. The largest absolute Gasteiger partial charge is 0.466 e. The van der Waals surface area contributed by atoms with Gasteiger partial charge in [0.2, 0.25) is 5.91 Å². The van der Waals surface area contributed by atoms with Crippen molar-refractivity contribution in [3.63, 3.8) is 0 Å². The molecule has 4 nitrogen and oxygen atoms in total. The first-order valence-corrected chi connectivity index (χ1v) is 5.83. The minimum atomic E-state index is -0.435. The molecule has 0 aromatic heterocycles. The predicted molar refractivity (Wildman–Crippen MR) is 67.1 cm³/mol. The van der Waals surface area contributed by atoms with E-state index in [2.05, 4.69) is 5.32 Å². The third-order valence-electron chi connectivity index (χ3n) is 2.85. The van der Waals surface area contributed by atoms with Gasteiger partial charge in [-0.25, -0.2) is 4.79 Å². The van der Waals surface area contributed by atoms with E-state index < -0.39 is 5.97 Å². The number of ether oxygens (including phenoxy) is 1. The lowest BCUT2D eigenvalue weighted by Gasteiger charge is -2.22. The van der Waals surface area contributed by atoms with Crippen LogP contribution in [0.2, 0.25) is 5.02 Å². The van der Waals surface area contributed by atoms with Crippen LogP contribution in [0, 0.1) is 0 Å². The molecule has 1 unspecified atom stereocenters. The lowest BCUT2D eigenvalue weighted by molar-refractivity contribution is -0.136. The average Bonchev–Trinajstić information content (AvgIpc) is 2.38. The second-order valence-corrected chi connectivity index (χ2v) is 4.40. The molecule has 94 valence electrons. The van der Waals surface area contributed by atoms with Gasteiger partial charge in [0.25, 0.3) is 0 Å². The van der Waals surface area contributed by atoms with Crippen LogP contribution in [0.3, 0.4) is 0 Å². The van der Waals surface area contributed by atoms with Crippen molar-refractivity contribution in [3.05, 3.63) is 46.6 Å². The first kappa shape index (κ1) is 12.6. The lowest BCUT2D eigenvalue weighted by Crippen LogP contribution is -2.30. The molecule has 18 heavy (non-hydrogen) atoms. The summed E-state index contributed by atoms with van der Waals surface area (Å²) in [6.45, 7) is 0. The summed E-state index contributed by atoms with van der Waals surface area (Å²) in [4.78, 5) is 23.1. The van der Waals surface area contributed by atoms with Crippen molar-refractivity contribution < 1.29 is 14.3 Å². The van der Waals surface area contributed by atoms with Gasteiger partial charge in [0, 0.05) is 23.6 Å². The molecule has 0 saturated carbocycles. The van der Waals surface area contributed by atoms with Crippen LogP contribution < -0.4 is 5.32 Å². The van der Waals surface area contributed by atoms with Crippen LogP contribution in [0.4, 0.5) is 0 Å². The van der Waals surface area contributed by atoms with E-state index >= 15 is 0 Å². The summed E-state index contributed by atoms with van der Waals surface area (Å²) in [5.41, 5.74) is 1.31. The summed E-state index contributed by atoms with van der Waals surface area (Å²) in [6.07, 6.45) is 1.64. The minimum Gasteiger partial charge on any atom is -0.466 e. The number of rotatable bonds is 2. The molecule has 0 spiro atoms. The highest BCUT2D eigenvalue weighted by atomic mass is 35.5. The molecular formula is C13H12ClNO3. The summed E-state index contributed by atoms with van der Waals surface area (Å²) in [7, 11) is 1.32. The molecule has 1 heterocycles. The Morgan fingerprint density at radius 3 is 2.67 bits per heavy atom. The van der Waals surface area contributed by atoms with Gasteiger partial charge in [-0.3, -0.25) is 4.79 Å². The Balaban J connectivity index is 2.36. The Labute approximate surface area is 110 Å². The summed E-state index contributed by atoms with van der Waals surface area (Å²) in [5, 5.41) is 3.14. The van der Waals surface area contributed by atoms with Crippen LogP contribution in [-0.4, -0.2) is 19.0 Å². The molecule has 5 heteroatoms. The average molecular weight is 266 g/mol. The molecule has 0 radical (unpaired) electrons. The third kappa shape index (κ3) is 2.54. The fourth-order valence-electron chi connectivity index (χ4n) is 1.92. The highest BCUT2D eigenvalue weighted by Gasteiger charge is 2.29. The van der Waals surface area contributed by atoms with Gasteiger partial charge in [0.05, 0.1) is 12.7 Å². The smallest absolute Gasteiger partial charge is 0.335 e. The van der Waals surface area contributed by atoms with Gasteiger partial charge in [-0.2, -0.15) is 0 Å². The zero-order chi connectivity index (χ0) is 13.1. The van der Waals surface area contributed by atoms with Crippen LogP contribution in [0.15, 0.2) is 36.0 Å². The number of hydrogen-bond donors (Lipinski definition) is 1. The van der Waals surface area contributed by atoms with Crippen molar-refractivity contribution in [2.45, 2.75) is 12.3 Å². The number of benzene rings is 1. The number of halogens is 1. The van der Waals surface area contributed by atoms with E-state index in [0.717, 1.165) is 5.56 Å². The number of carbonyl (C=O) groups is 2. The van der Waals surface area contributed by atoms with E-state index in [1.54, 1.807) is 12.1 Å². The predicted octanol–water partition coefficient (Wildman–Crippen LogP) is 2.00. The second-order valence-electron chi connectivity index (χ2n) is 3.97. The zero-order valence-corrected chi connectivity index (χ0v) is 10.5. The van der Waals surface area contributed by atoms with Gasteiger partial charge in [-0.15, -0.1) is 0 Å². The normalized spacial score (nSPS) is 18.9. The maximum atomic E-state index is 11.7. The number of nitrogens with one attached hydrogen (secondary N) is 1. The zero-order valence-electron chi connectivity index (χ0n) is 9.77. The lowest BCUT2D eigenvalue weighted by atomic mass is 9.86. The maximum absolute atomic E-state index is 11.7. The number of amides is 1. The van der Waals surface area contributed by atoms with Gasteiger partial charge in [-0.1, -0.05) is 23.7 Å². The SMILES string of the molecule is COC(=O)C1=CNC(=O)CC1c1ccc(Cl)cc1. The molecule has 0 saturated heterocycles. The number of methoxy groups -OCH3 is 1. The van der Waals surface area contributed by atoms with Crippen LogP contribution in [0.5, 0.6) is 0 Å². The molecule has 2 rings (SSSR count). The van der Waals surface area contributed by atoms with E-state index in [0.29, 0.717) is 10.6 Å². The standard InChI is InChI=1S/C13H12ClNO3/c1-18-13(17)11-7-15-12(16)6-10(11)8-2-4-9(14)5-3-8/h2-5,7,10H,6H2,1H3,(H,15,16). The quantitative estimate of drug-likeness (QED) is 0.832. The Hall–Kier alpha value is -1.81. The monoisotopic (exact) mass is 265 g/mol. The first-order chi connectivity index (χ1) is 8.61. The van der Waals surface area contributed by atoms with Crippen molar-refractivity contribution >= 4 is 23.5 Å². The Morgan fingerprint density at radius 2 is 2.06 bits per heavy atom. The van der Waals surface area contributed by atoms with Crippen molar-refractivity contribution in [1.82, 2.24) is 5.32 Å². The van der Waals surface area contributed by atoms with Gasteiger partial charge in [-0.05, 0) is 17.7 Å². The second kappa shape index (κ2) is 5.23. The van der Waals surface area contributed by atoms with E-state index in [4.69, 9.17) is 16.3 Å². The Bertz CT molecular complexity index is 507. The maximum Gasteiger partial charge on any atom is 0.335 e. The third-order valence-corrected chi connectivity index (χ3v) is 3.10. The highest BCUT2D eigenvalue weighted by molar-refractivity contribution is 6.30. The van der Waals surface area contributed by atoms with E-state index in [1.807, 2.05) is 12.1 Å². The van der Waals surface area contributed by atoms with Crippen molar-refractivity contribution in [2.24, 2.45) is 0 Å². The molecule has 0 aliphatic carbocycles.